The summed E-state index contributed by atoms with van der Waals surface area (Å²) in [6.45, 7) is 3.80. The zero-order valence-corrected chi connectivity index (χ0v) is 31.8. The van der Waals surface area contributed by atoms with Gasteiger partial charge in [0.1, 0.15) is 0 Å². The van der Waals surface area contributed by atoms with Gasteiger partial charge in [0.05, 0.1) is 49.9 Å². The second-order valence-electron chi connectivity index (χ2n) is 13.9. The van der Waals surface area contributed by atoms with Crippen LogP contribution in [0.1, 0.15) is 47.2 Å². The summed E-state index contributed by atoms with van der Waals surface area (Å²) in [5.41, 5.74) is 4.25. The minimum absolute atomic E-state index is 0.0773. The highest BCUT2D eigenvalue weighted by atomic mass is 35.5. The van der Waals surface area contributed by atoms with Gasteiger partial charge in [0.15, 0.2) is 17.6 Å². The maximum absolute atomic E-state index is 14.1. The Morgan fingerprint density at radius 3 is 2.19 bits per heavy atom. The van der Waals surface area contributed by atoms with E-state index in [1.165, 1.54) is 21.3 Å². The number of hydrazine groups is 1. The van der Waals surface area contributed by atoms with E-state index >= 15 is 0 Å². The number of rotatable bonds is 12. The van der Waals surface area contributed by atoms with Crippen LogP contribution in [0.5, 0.6) is 17.2 Å². The van der Waals surface area contributed by atoms with Crippen LogP contribution in [0.25, 0.3) is 0 Å². The molecule has 284 valence electrons. The molecule has 14 heteroatoms. The molecule has 0 spiro atoms. The van der Waals surface area contributed by atoms with Gasteiger partial charge in [0.2, 0.25) is 11.7 Å². The highest BCUT2D eigenvalue weighted by Gasteiger charge is 2.46. The molecular weight excluding hydrogens is 723 g/mol. The summed E-state index contributed by atoms with van der Waals surface area (Å²) in [5, 5.41) is 12.1. The summed E-state index contributed by atoms with van der Waals surface area (Å²) in [6.07, 6.45) is 1.65. The van der Waals surface area contributed by atoms with Crippen molar-refractivity contribution in [3.8, 4) is 17.2 Å². The molecule has 53 heavy (non-hydrogen) atoms. The third-order valence-electron chi connectivity index (χ3n) is 11.1. The Morgan fingerprint density at radius 2 is 1.57 bits per heavy atom. The lowest BCUT2D eigenvalue weighted by Gasteiger charge is -2.43. The van der Waals surface area contributed by atoms with Crippen LogP contribution in [0.2, 0.25) is 10.0 Å². The van der Waals surface area contributed by atoms with E-state index in [0.717, 1.165) is 30.5 Å². The number of ether oxygens (including phenoxy) is 4. The molecule has 3 aromatic rings. The third kappa shape index (κ3) is 8.07. The predicted octanol–water partition coefficient (Wildman–Crippen LogP) is 5.04. The van der Waals surface area contributed by atoms with Crippen molar-refractivity contribution in [3.05, 3.63) is 87.4 Å². The molecule has 6 rings (SSSR count). The molecule has 3 fully saturated rings. The molecule has 2 atom stereocenters. The fourth-order valence-electron chi connectivity index (χ4n) is 7.93. The Balaban J connectivity index is 1.19. The van der Waals surface area contributed by atoms with Crippen LogP contribution in [0.15, 0.2) is 60.7 Å². The average molecular weight is 770 g/mol. The van der Waals surface area contributed by atoms with E-state index in [-0.39, 0.29) is 25.0 Å². The fourth-order valence-corrected chi connectivity index (χ4v) is 8.23. The van der Waals surface area contributed by atoms with Crippen molar-refractivity contribution < 1.29 is 38.4 Å². The number of carboxylic acids is 1. The molecule has 3 aromatic carbocycles. The summed E-state index contributed by atoms with van der Waals surface area (Å²) >= 11 is 12.9. The number of benzene rings is 3. The van der Waals surface area contributed by atoms with Gasteiger partial charge in [-0.15, -0.1) is 0 Å². The maximum Gasteiger partial charge on any atom is 0.334 e. The van der Waals surface area contributed by atoms with Crippen molar-refractivity contribution in [1.29, 1.82) is 0 Å². The molecule has 0 bridgehead atoms. The number of carbonyl (C=O) groups is 3. The van der Waals surface area contributed by atoms with Gasteiger partial charge in [-0.1, -0.05) is 59.6 Å². The Labute approximate surface area is 319 Å². The Bertz CT molecular complexity index is 1780. The van der Waals surface area contributed by atoms with Crippen LogP contribution in [0, 0.1) is 0 Å². The molecule has 3 heterocycles. The van der Waals surface area contributed by atoms with Gasteiger partial charge in [0, 0.05) is 30.6 Å². The van der Waals surface area contributed by atoms with Crippen LogP contribution < -0.4 is 19.6 Å². The molecule has 0 unspecified atom stereocenters. The zero-order valence-electron chi connectivity index (χ0n) is 30.2. The largest absolute Gasteiger partial charge is 0.493 e. The molecule has 0 radical (unpaired) electrons. The molecule has 2 amide bonds. The van der Waals surface area contributed by atoms with E-state index < -0.39 is 22.9 Å². The number of hydrogen-bond acceptors (Lipinski definition) is 9. The van der Waals surface area contributed by atoms with E-state index in [1.807, 2.05) is 53.4 Å². The van der Waals surface area contributed by atoms with Gasteiger partial charge in [-0.2, -0.15) is 0 Å². The van der Waals surface area contributed by atoms with Crippen LogP contribution in [0.4, 0.5) is 0 Å². The number of amides is 2. The van der Waals surface area contributed by atoms with Gasteiger partial charge in [0.25, 0.3) is 5.91 Å². The zero-order chi connectivity index (χ0) is 37.8. The molecule has 3 aliphatic heterocycles. The number of nitrogens with one attached hydrogen (secondary N) is 1. The standard InChI is InChI=1S/C39H46Cl2N4O8/c1-50-31-21-26(22-32(51-2)34(31)52-3)35(46)44-18-12-38(25-44,28-9-10-29(40)30(41)23-28)11-15-43-16-13-39(14-17-43,27-7-5-4-6-8-27)37(49)42-45-19-20-53-33(24-45)36(47)48/h4-10,21-23,33H,11-20,24-25H2,1-3H3,(H,42,49)(H,47,48)/t33-,38+/m0/s1. The van der Waals surface area contributed by atoms with Crippen molar-refractivity contribution in [2.45, 2.75) is 42.6 Å². The van der Waals surface area contributed by atoms with Gasteiger partial charge >= 0.3 is 5.97 Å². The number of carbonyl (C=O) groups excluding carboxylic acids is 2. The van der Waals surface area contributed by atoms with Gasteiger partial charge in [-0.3, -0.25) is 15.0 Å². The molecule has 3 aliphatic rings. The minimum atomic E-state index is -1.05. The van der Waals surface area contributed by atoms with E-state index in [1.54, 1.807) is 17.1 Å². The highest BCUT2D eigenvalue weighted by Crippen LogP contribution is 2.43. The summed E-state index contributed by atoms with van der Waals surface area (Å²) < 4.78 is 21.9. The quantitative estimate of drug-likeness (QED) is 0.259. The molecular formula is C39H46Cl2N4O8. The van der Waals surface area contributed by atoms with Crippen molar-refractivity contribution in [2.24, 2.45) is 0 Å². The number of nitrogens with zero attached hydrogens (tertiary/aromatic N) is 3. The van der Waals surface area contributed by atoms with Gasteiger partial charge in [-0.25, -0.2) is 9.80 Å². The van der Waals surface area contributed by atoms with Crippen LogP contribution in [0.3, 0.4) is 0 Å². The first-order valence-electron chi connectivity index (χ1n) is 17.8. The first-order valence-corrected chi connectivity index (χ1v) is 18.5. The van der Waals surface area contributed by atoms with E-state index in [4.69, 9.17) is 42.1 Å². The topological polar surface area (TPSA) is 130 Å². The second-order valence-corrected chi connectivity index (χ2v) is 14.7. The Morgan fingerprint density at radius 1 is 0.868 bits per heavy atom. The molecule has 0 aliphatic carbocycles. The minimum Gasteiger partial charge on any atom is -0.493 e. The van der Waals surface area contributed by atoms with E-state index in [9.17, 15) is 19.5 Å². The molecule has 2 N–H and O–H groups in total. The smallest absolute Gasteiger partial charge is 0.334 e. The molecule has 3 saturated heterocycles. The van der Waals surface area contributed by atoms with Crippen LogP contribution >= 0.6 is 23.2 Å². The molecule has 12 nitrogen and oxygen atoms in total. The lowest BCUT2D eigenvalue weighted by molar-refractivity contribution is -0.160. The first-order chi connectivity index (χ1) is 25.5. The van der Waals surface area contributed by atoms with Crippen molar-refractivity contribution in [3.63, 3.8) is 0 Å². The van der Waals surface area contributed by atoms with Crippen molar-refractivity contribution >= 4 is 41.0 Å². The number of methoxy groups -OCH3 is 3. The summed E-state index contributed by atoms with van der Waals surface area (Å²) in [6, 6.07) is 18.9. The SMILES string of the molecule is COc1cc(C(=O)N2CC[C@@](CCN3CCC(C(=O)NN4CCO[C@H](C(=O)O)C4)(c4ccccc4)CC3)(c3ccc(Cl)c(Cl)c3)C2)cc(OC)c1OC. The summed E-state index contributed by atoms with van der Waals surface area (Å²) in [7, 11) is 4.57. The fraction of sp³-hybridized carbons (Fsp3) is 0.462. The highest BCUT2D eigenvalue weighted by molar-refractivity contribution is 6.42. The molecule has 0 saturated carbocycles. The Hall–Kier alpha value is -4.07. The number of morpholine rings is 1. The summed E-state index contributed by atoms with van der Waals surface area (Å²) in [4.78, 5) is 44.0. The third-order valence-corrected chi connectivity index (χ3v) is 11.8. The maximum atomic E-state index is 14.1. The lowest BCUT2D eigenvalue weighted by atomic mass is 9.71. The monoisotopic (exact) mass is 768 g/mol. The number of hydrogen-bond donors (Lipinski definition) is 2. The number of halogens is 2. The molecule has 0 aromatic heterocycles. The van der Waals surface area contributed by atoms with E-state index in [2.05, 4.69) is 10.3 Å². The Kier molecular flexibility index (Phi) is 12.0. The van der Waals surface area contributed by atoms with Crippen LogP contribution in [-0.4, -0.2) is 118 Å². The summed E-state index contributed by atoms with van der Waals surface area (Å²) in [5.74, 6) is -0.100. The van der Waals surface area contributed by atoms with Crippen LogP contribution in [-0.2, 0) is 25.2 Å². The lowest BCUT2D eigenvalue weighted by Crippen LogP contribution is -2.59. The predicted molar refractivity (Wildman–Crippen MR) is 200 cm³/mol. The number of piperidine rings is 1. The van der Waals surface area contributed by atoms with Crippen molar-refractivity contribution in [2.75, 3.05) is 73.7 Å². The average Bonchev–Trinajstić information content (AvgIpc) is 3.63. The second kappa shape index (κ2) is 16.5. The van der Waals surface area contributed by atoms with Crippen molar-refractivity contribution in [1.82, 2.24) is 20.2 Å². The number of carboxylic acid groups (broad SMARTS) is 1. The number of likely N-dealkylation sites (tertiary alicyclic amines) is 2. The van der Waals surface area contributed by atoms with E-state index in [0.29, 0.717) is 78.4 Å². The first kappa shape index (κ1) is 38.6. The van der Waals surface area contributed by atoms with Gasteiger partial charge < -0.3 is 33.9 Å². The normalized spacial score (nSPS) is 21.9. The number of aliphatic carboxylic acids is 1. The van der Waals surface area contributed by atoms with Gasteiger partial charge in [-0.05, 0) is 80.7 Å².